The van der Waals surface area contributed by atoms with Crippen LogP contribution in [0.5, 0.6) is 5.75 Å². The van der Waals surface area contributed by atoms with E-state index in [1.807, 2.05) is 13.8 Å². The molecule has 1 rings (SSSR count). The minimum Gasteiger partial charge on any atom is -0.478 e. The third-order valence-electron chi connectivity index (χ3n) is 3.10. The smallest absolute Gasteiger partial charge is 0.263 e. The number of carbonyl (C=O) groups excluding carboxylic acids is 1. The molecule has 1 atom stereocenters. The minimum absolute atomic E-state index is 0.109. The van der Waals surface area contributed by atoms with Crippen molar-refractivity contribution in [3.05, 3.63) is 29.6 Å². The third-order valence-corrected chi connectivity index (χ3v) is 3.10. The molecule has 112 valence electrons. The number of hydrogen-bond acceptors (Lipinski definition) is 3. The van der Waals surface area contributed by atoms with Crippen LogP contribution in [0.4, 0.5) is 4.39 Å². The number of hydrogen-bond donors (Lipinski definition) is 1. The predicted octanol–water partition coefficient (Wildman–Crippen LogP) is 2.18. The Labute approximate surface area is 119 Å². The van der Waals surface area contributed by atoms with Crippen LogP contribution in [0.25, 0.3) is 0 Å². The normalized spacial score (nSPS) is 12.1. The molecule has 1 amide bonds. The van der Waals surface area contributed by atoms with Crippen molar-refractivity contribution in [3.8, 4) is 5.75 Å². The first-order chi connectivity index (χ1) is 9.53. The van der Waals surface area contributed by atoms with Crippen molar-refractivity contribution in [1.82, 2.24) is 10.2 Å². The molecule has 0 spiro atoms. The van der Waals surface area contributed by atoms with Crippen molar-refractivity contribution >= 4 is 5.91 Å². The Balaban J connectivity index is 2.75. The first-order valence-corrected chi connectivity index (χ1v) is 6.91. The first kappa shape index (κ1) is 16.4. The van der Waals surface area contributed by atoms with Gasteiger partial charge in [-0.25, -0.2) is 4.39 Å². The van der Waals surface area contributed by atoms with Crippen molar-refractivity contribution in [2.75, 3.05) is 20.1 Å². The largest absolute Gasteiger partial charge is 0.478 e. The zero-order valence-electron chi connectivity index (χ0n) is 12.6. The second-order valence-electron chi connectivity index (χ2n) is 4.57. The molecule has 0 aliphatic rings. The predicted molar refractivity (Wildman–Crippen MR) is 77.2 cm³/mol. The van der Waals surface area contributed by atoms with Crippen LogP contribution in [0.1, 0.15) is 26.3 Å². The maximum Gasteiger partial charge on any atom is 0.263 e. The summed E-state index contributed by atoms with van der Waals surface area (Å²) in [6.45, 7) is 7.27. The average Bonchev–Trinajstić information content (AvgIpc) is 2.43. The van der Waals surface area contributed by atoms with Gasteiger partial charge < -0.3 is 15.0 Å². The van der Waals surface area contributed by atoms with Gasteiger partial charge in [0.25, 0.3) is 5.91 Å². The number of likely N-dealkylation sites (N-methyl/N-ethyl adjacent to an activating group) is 1. The number of carbonyl (C=O) groups is 1. The topological polar surface area (TPSA) is 41.6 Å². The summed E-state index contributed by atoms with van der Waals surface area (Å²) in [4.78, 5) is 13.7. The Morgan fingerprint density at radius 3 is 2.55 bits per heavy atom. The summed E-state index contributed by atoms with van der Waals surface area (Å²) in [5.74, 6) is -0.469. The highest BCUT2D eigenvalue weighted by molar-refractivity contribution is 5.80. The molecule has 5 heteroatoms. The van der Waals surface area contributed by atoms with E-state index in [2.05, 4.69) is 5.32 Å². The van der Waals surface area contributed by atoms with E-state index in [-0.39, 0.29) is 11.7 Å². The van der Waals surface area contributed by atoms with Crippen LogP contribution in [-0.4, -0.2) is 37.0 Å². The van der Waals surface area contributed by atoms with Crippen LogP contribution in [0.15, 0.2) is 18.2 Å². The number of nitrogens with zero attached hydrogens (tertiary/aromatic N) is 1. The lowest BCUT2D eigenvalue weighted by Crippen LogP contribution is -2.40. The molecule has 0 aliphatic heterocycles. The molecule has 0 saturated heterocycles. The molecule has 20 heavy (non-hydrogen) atoms. The summed E-state index contributed by atoms with van der Waals surface area (Å²) in [5.41, 5.74) is 0.833. The Morgan fingerprint density at radius 2 is 2.05 bits per heavy atom. The molecular formula is C15H23FN2O2. The summed E-state index contributed by atoms with van der Waals surface area (Å²) < 4.78 is 19.3. The van der Waals surface area contributed by atoms with E-state index in [9.17, 15) is 9.18 Å². The summed E-state index contributed by atoms with van der Waals surface area (Å²) >= 11 is 0. The summed E-state index contributed by atoms with van der Waals surface area (Å²) in [6.07, 6.45) is -0.695. The second kappa shape index (κ2) is 7.85. The van der Waals surface area contributed by atoms with Crippen molar-refractivity contribution in [2.45, 2.75) is 33.4 Å². The van der Waals surface area contributed by atoms with Gasteiger partial charge in [-0.05, 0) is 45.5 Å². The van der Waals surface area contributed by atoms with Crippen molar-refractivity contribution in [1.29, 1.82) is 0 Å². The van der Waals surface area contributed by atoms with Gasteiger partial charge in [0.2, 0.25) is 0 Å². The standard InChI is InChI=1S/C15H23FN2O2/c1-5-18(6-2)15(19)11(3)20-14-8-7-12(10-17-4)9-13(14)16/h7-9,11,17H,5-6,10H2,1-4H3. The van der Waals surface area contributed by atoms with Gasteiger partial charge in [0.1, 0.15) is 0 Å². The van der Waals surface area contributed by atoms with Gasteiger partial charge in [0, 0.05) is 19.6 Å². The lowest BCUT2D eigenvalue weighted by Gasteiger charge is -2.23. The number of halogens is 1. The van der Waals surface area contributed by atoms with Gasteiger partial charge in [-0.1, -0.05) is 6.07 Å². The van der Waals surface area contributed by atoms with Gasteiger partial charge in [-0.15, -0.1) is 0 Å². The summed E-state index contributed by atoms with van der Waals surface area (Å²) in [6, 6.07) is 4.76. The lowest BCUT2D eigenvalue weighted by atomic mass is 10.2. The van der Waals surface area contributed by atoms with Gasteiger partial charge in [-0.3, -0.25) is 4.79 Å². The van der Waals surface area contributed by atoms with Crippen LogP contribution in [0.3, 0.4) is 0 Å². The Kier molecular flexibility index (Phi) is 6.45. The quantitative estimate of drug-likeness (QED) is 0.833. The van der Waals surface area contributed by atoms with E-state index in [1.54, 1.807) is 31.0 Å². The highest BCUT2D eigenvalue weighted by atomic mass is 19.1. The van der Waals surface area contributed by atoms with E-state index >= 15 is 0 Å². The lowest BCUT2D eigenvalue weighted by molar-refractivity contribution is -0.137. The van der Waals surface area contributed by atoms with Gasteiger partial charge >= 0.3 is 0 Å². The number of amides is 1. The summed E-state index contributed by atoms with van der Waals surface area (Å²) in [5, 5.41) is 2.95. The first-order valence-electron chi connectivity index (χ1n) is 6.91. The van der Waals surface area contributed by atoms with Crippen LogP contribution < -0.4 is 10.1 Å². The molecule has 0 aliphatic carbocycles. The molecule has 0 saturated carbocycles. The zero-order valence-corrected chi connectivity index (χ0v) is 12.6. The van der Waals surface area contributed by atoms with Gasteiger partial charge in [0.15, 0.2) is 17.7 Å². The molecule has 0 radical (unpaired) electrons. The molecule has 0 bridgehead atoms. The zero-order chi connectivity index (χ0) is 15.1. The minimum atomic E-state index is -0.695. The number of rotatable bonds is 7. The fraction of sp³-hybridized carbons (Fsp3) is 0.533. The fourth-order valence-corrected chi connectivity index (χ4v) is 1.99. The highest BCUT2D eigenvalue weighted by Gasteiger charge is 2.20. The number of ether oxygens (including phenoxy) is 1. The summed E-state index contributed by atoms with van der Waals surface area (Å²) in [7, 11) is 1.80. The van der Waals surface area contributed by atoms with Crippen LogP contribution in [0, 0.1) is 5.82 Å². The van der Waals surface area contributed by atoms with Gasteiger partial charge in [-0.2, -0.15) is 0 Å². The van der Waals surface area contributed by atoms with E-state index in [0.29, 0.717) is 19.6 Å². The third kappa shape index (κ3) is 4.20. The average molecular weight is 282 g/mol. The molecule has 1 unspecified atom stereocenters. The highest BCUT2D eigenvalue weighted by Crippen LogP contribution is 2.20. The van der Waals surface area contributed by atoms with E-state index in [1.165, 1.54) is 6.07 Å². The SMILES string of the molecule is CCN(CC)C(=O)C(C)Oc1ccc(CNC)cc1F. The van der Waals surface area contributed by atoms with Crippen molar-refractivity contribution in [2.24, 2.45) is 0 Å². The van der Waals surface area contributed by atoms with E-state index in [4.69, 9.17) is 4.74 Å². The Bertz CT molecular complexity index is 447. The second-order valence-corrected chi connectivity index (χ2v) is 4.57. The van der Waals surface area contributed by atoms with Crippen LogP contribution in [-0.2, 0) is 11.3 Å². The Morgan fingerprint density at radius 1 is 1.40 bits per heavy atom. The van der Waals surface area contributed by atoms with Crippen molar-refractivity contribution in [3.63, 3.8) is 0 Å². The maximum absolute atomic E-state index is 13.9. The monoisotopic (exact) mass is 282 g/mol. The number of benzene rings is 1. The molecule has 1 N–H and O–H groups in total. The van der Waals surface area contributed by atoms with Crippen LogP contribution in [0.2, 0.25) is 0 Å². The molecule has 0 heterocycles. The molecule has 0 fully saturated rings. The van der Waals surface area contributed by atoms with E-state index in [0.717, 1.165) is 5.56 Å². The van der Waals surface area contributed by atoms with Crippen LogP contribution >= 0.6 is 0 Å². The molecule has 1 aromatic rings. The van der Waals surface area contributed by atoms with E-state index < -0.39 is 11.9 Å². The Hall–Kier alpha value is -1.62. The maximum atomic E-state index is 13.9. The number of nitrogens with one attached hydrogen (secondary N) is 1. The fourth-order valence-electron chi connectivity index (χ4n) is 1.99. The molecule has 4 nitrogen and oxygen atoms in total. The van der Waals surface area contributed by atoms with Gasteiger partial charge in [0.05, 0.1) is 0 Å². The molecular weight excluding hydrogens is 259 g/mol. The molecule has 1 aromatic carbocycles. The van der Waals surface area contributed by atoms with Crippen molar-refractivity contribution < 1.29 is 13.9 Å². The molecule has 0 aromatic heterocycles.